The molecule has 0 amide bonds. The van der Waals surface area contributed by atoms with Gasteiger partial charge in [0, 0.05) is 11.4 Å². The van der Waals surface area contributed by atoms with Gasteiger partial charge in [-0.05, 0) is 37.1 Å². The molecule has 1 rings (SSSR count). The van der Waals surface area contributed by atoms with E-state index >= 15 is 0 Å². The van der Waals surface area contributed by atoms with Crippen molar-refractivity contribution in [1.29, 1.82) is 5.26 Å². The molecule has 0 aromatic carbocycles. The minimum Gasteiger partial charge on any atom is -0.312 e. The fraction of sp³-hybridized carbons (Fsp3) is 0.500. The second-order valence-electron chi connectivity index (χ2n) is 2.90. The highest BCUT2D eigenvalue weighted by Crippen LogP contribution is 2.14. The number of hydrogen-bond acceptors (Lipinski definition) is 4. The zero-order chi connectivity index (χ0) is 10.2. The fourth-order valence-corrected chi connectivity index (χ4v) is 2.29. The molecule has 0 spiro atoms. The van der Waals surface area contributed by atoms with E-state index in [2.05, 4.69) is 17.6 Å². The molecule has 0 bridgehead atoms. The molecule has 1 aromatic heterocycles. The lowest BCUT2D eigenvalue weighted by Crippen LogP contribution is -2.14. The van der Waals surface area contributed by atoms with Crippen LogP contribution in [0.1, 0.15) is 16.2 Å². The van der Waals surface area contributed by atoms with Crippen LogP contribution in [0, 0.1) is 11.3 Å². The largest absolute Gasteiger partial charge is 0.312 e. The average Bonchev–Trinajstić information content (AvgIpc) is 2.65. The molecule has 1 N–H and O–H groups in total. The van der Waals surface area contributed by atoms with Crippen LogP contribution in [0.25, 0.3) is 0 Å². The van der Waals surface area contributed by atoms with Gasteiger partial charge < -0.3 is 5.32 Å². The summed E-state index contributed by atoms with van der Waals surface area (Å²) in [6.07, 6.45) is 3.33. The van der Waals surface area contributed by atoms with Crippen molar-refractivity contribution >= 4 is 23.1 Å². The van der Waals surface area contributed by atoms with E-state index in [-0.39, 0.29) is 0 Å². The molecular formula is C10H14N2S2. The van der Waals surface area contributed by atoms with E-state index in [1.165, 1.54) is 17.1 Å². The monoisotopic (exact) mass is 226 g/mol. The third kappa shape index (κ3) is 4.14. The first-order chi connectivity index (χ1) is 6.86. The van der Waals surface area contributed by atoms with Gasteiger partial charge in [-0.15, -0.1) is 11.3 Å². The van der Waals surface area contributed by atoms with Gasteiger partial charge in [0.15, 0.2) is 0 Å². The molecule has 0 aliphatic rings. The molecule has 1 heterocycles. The van der Waals surface area contributed by atoms with Gasteiger partial charge in [-0.2, -0.15) is 17.0 Å². The normalized spacial score (nSPS) is 10.0. The number of hydrogen-bond donors (Lipinski definition) is 1. The first-order valence-electron chi connectivity index (χ1n) is 4.55. The molecular weight excluding hydrogens is 212 g/mol. The van der Waals surface area contributed by atoms with Crippen molar-refractivity contribution in [3.05, 3.63) is 21.9 Å². The van der Waals surface area contributed by atoms with Crippen LogP contribution in [-0.2, 0) is 6.54 Å². The highest BCUT2D eigenvalue weighted by molar-refractivity contribution is 7.98. The van der Waals surface area contributed by atoms with Crippen LogP contribution >= 0.6 is 23.1 Å². The molecule has 1 aromatic rings. The van der Waals surface area contributed by atoms with E-state index in [4.69, 9.17) is 5.26 Å². The minimum atomic E-state index is 0.797. The molecule has 0 radical (unpaired) electrons. The first-order valence-corrected chi connectivity index (χ1v) is 6.76. The number of nitriles is 1. The van der Waals surface area contributed by atoms with E-state index in [1.807, 2.05) is 23.9 Å². The first kappa shape index (κ1) is 11.6. The maximum atomic E-state index is 8.63. The predicted octanol–water partition coefficient (Wildman–Crippen LogP) is 2.46. The number of thioether (sulfide) groups is 1. The topological polar surface area (TPSA) is 35.8 Å². The van der Waals surface area contributed by atoms with Gasteiger partial charge in [0.05, 0.1) is 0 Å². The van der Waals surface area contributed by atoms with Crippen LogP contribution < -0.4 is 5.32 Å². The SMILES string of the molecule is CSCCCNCc1ccc(C#N)s1. The Labute approximate surface area is 93.3 Å². The van der Waals surface area contributed by atoms with Crippen molar-refractivity contribution in [2.75, 3.05) is 18.6 Å². The molecule has 4 heteroatoms. The molecule has 0 aliphatic heterocycles. The van der Waals surface area contributed by atoms with Gasteiger partial charge >= 0.3 is 0 Å². The summed E-state index contributed by atoms with van der Waals surface area (Å²) >= 11 is 3.44. The fourth-order valence-electron chi connectivity index (χ4n) is 1.09. The summed E-state index contributed by atoms with van der Waals surface area (Å²) in [4.78, 5) is 2.04. The molecule has 0 unspecified atom stereocenters. The molecule has 14 heavy (non-hydrogen) atoms. The van der Waals surface area contributed by atoms with E-state index in [0.717, 1.165) is 18.0 Å². The molecule has 0 fully saturated rings. The van der Waals surface area contributed by atoms with Crippen LogP contribution in [0.5, 0.6) is 0 Å². The smallest absolute Gasteiger partial charge is 0.110 e. The van der Waals surface area contributed by atoms with E-state index in [9.17, 15) is 0 Å². The Morgan fingerprint density at radius 3 is 3.07 bits per heavy atom. The van der Waals surface area contributed by atoms with Crippen LogP contribution in [0.4, 0.5) is 0 Å². The second-order valence-corrected chi connectivity index (χ2v) is 5.05. The Hall–Kier alpha value is -0.500. The molecule has 2 nitrogen and oxygen atoms in total. The van der Waals surface area contributed by atoms with Crippen molar-refractivity contribution < 1.29 is 0 Å². The average molecular weight is 226 g/mol. The zero-order valence-corrected chi connectivity index (χ0v) is 9.88. The van der Waals surface area contributed by atoms with Gasteiger partial charge in [-0.1, -0.05) is 0 Å². The maximum Gasteiger partial charge on any atom is 0.110 e. The van der Waals surface area contributed by atoms with Crippen molar-refractivity contribution in [1.82, 2.24) is 5.32 Å². The van der Waals surface area contributed by atoms with Crippen molar-refractivity contribution in [3.8, 4) is 6.07 Å². The lowest BCUT2D eigenvalue weighted by molar-refractivity contribution is 0.685. The minimum absolute atomic E-state index is 0.797. The Kier molecular flexibility index (Phi) is 5.69. The highest BCUT2D eigenvalue weighted by atomic mass is 32.2. The standard InChI is InChI=1S/C10H14N2S2/c1-13-6-2-5-12-8-10-4-3-9(7-11)14-10/h3-4,12H,2,5-6,8H2,1H3. The predicted molar refractivity (Wildman–Crippen MR) is 63.7 cm³/mol. The van der Waals surface area contributed by atoms with Crippen LogP contribution in [0.3, 0.4) is 0 Å². The lowest BCUT2D eigenvalue weighted by atomic mass is 10.4. The van der Waals surface area contributed by atoms with Gasteiger partial charge in [-0.25, -0.2) is 0 Å². The Morgan fingerprint density at radius 1 is 1.57 bits per heavy atom. The quantitative estimate of drug-likeness (QED) is 0.757. The summed E-state index contributed by atoms with van der Waals surface area (Å²) in [6.45, 7) is 1.95. The zero-order valence-electron chi connectivity index (χ0n) is 8.25. The van der Waals surface area contributed by atoms with E-state index in [0.29, 0.717) is 0 Å². The molecule has 76 valence electrons. The molecule has 0 atom stereocenters. The number of thiophene rings is 1. The second kappa shape index (κ2) is 6.88. The van der Waals surface area contributed by atoms with Gasteiger partial charge in [0.2, 0.25) is 0 Å². The third-order valence-corrected chi connectivity index (χ3v) is 3.46. The summed E-state index contributed by atoms with van der Waals surface area (Å²) in [5, 5.41) is 12.0. The van der Waals surface area contributed by atoms with Crippen LogP contribution in [0.2, 0.25) is 0 Å². The maximum absolute atomic E-state index is 8.63. The van der Waals surface area contributed by atoms with E-state index < -0.39 is 0 Å². The summed E-state index contributed by atoms with van der Waals surface area (Å²) in [5.74, 6) is 1.21. The van der Waals surface area contributed by atoms with Gasteiger partial charge in [0.1, 0.15) is 10.9 Å². The molecule has 0 saturated heterocycles. The lowest BCUT2D eigenvalue weighted by Gasteiger charge is -2.00. The number of rotatable bonds is 6. The van der Waals surface area contributed by atoms with Crippen molar-refractivity contribution in [2.24, 2.45) is 0 Å². The summed E-state index contributed by atoms with van der Waals surface area (Å²) in [5.41, 5.74) is 0. The number of nitrogens with one attached hydrogen (secondary N) is 1. The summed E-state index contributed by atoms with van der Waals surface area (Å²) in [6, 6.07) is 6.04. The third-order valence-electron chi connectivity index (χ3n) is 1.77. The van der Waals surface area contributed by atoms with Gasteiger partial charge in [0.25, 0.3) is 0 Å². The van der Waals surface area contributed by atoms with Crippen LogP contribution in [-0.4, -0.2) is 18.6 Å². The molecule has 0 aliphatic carbocycles. The number of nitrogens with zero attached hydrogens (tertiary/aromatic N) is 1. The Balaban J connectivity index is 2.16. The summed E-state index contributed by atoms with van der Waals surface area (Å²) < 4.78 is 0. The Morgan fingerprint density at radius 2 is 2.43 bits per heavy atom. The van der Waals surface area contributed by atoms with Gasteiger partial charge in [-0.3, -0.25) is 0 Å². The van der Waals surface area contributed by atoms with Crippen molar-refractivity contribution in [3.63, 3.8) is 0 Å². The van der Waals surface area contributed by atoms with Crippen molar-refractivity contribution in [2.45, 2.75) is 13.0 Å². The van der Waals surface area contributed by atoms with E-state index in [1.54, 1.807) is 11.3 Å². The summed E-state index contributed by atoms with van der Waals surface area (Å²) in [7, 11) is 0. The Bertz CT molecular complexity index is 301. The highest BCUT2D eigenvalue weighted by Gasteiger charge is 1.97. The van der Waals surface area contributed by atoms with Crippen LogP contribution in [0.15, 0.2) is 12.1 Å². The molecule has 0 saturated carbocycles.